The number of piperazine rings is 1. The molecule has 1 fully saturated rings. The van der Waals surface area contributed by atoms with Crippen molar-refractivity contribution in [1.82, 2.24) is 24.3 Å². The molecule has 2 aromatic carbocycles. The number of hydrogen-bond acceptors (Lipinski definition) is 6. The van der Waals surface area contributed by atoms with E-state index in [1.807, 2.05) is 28.8 Å². The van der Waals surface area contributed by atoms with Crippen LogP contribution in [0.5, 0.6) is 0 Å². The molecule has 0 atom stereocenters. The summed E-state index contributed by atoms with van der Waals surface area (Å²) in [5, 5.41) is 4.93. The number of aromatic nitrogens is 3. The van der Waals surface area contributed by atoms with E-state index in [1.165, 1.54) is 23.5 Å². The molecule has 1 saturated heterocycles. The summed E-state index contributed by atoms with van der Waals surface area (Å²) >= 11 is 24.7. The number of fused-ring (bicyclic) bond motifs is 1. The van der Waals surface area contributed by atoms with Crippen LogP contribution in [0.3, 0.4) is 0 Å². The number of carbonyl (C=O) groups excluding carboxylic acids is 2. The predicted octanol–water partition coefficient (Wildman–Crippen LogP) is 8.83. The lowest BCUT2D eigenvalue weighted by Crippen LogP contribution is -2.48. The number of hydrogen-bond donors (Lipinski definition) is 1. The molecule has 0 bridgehead atoms. The number of benzene rings is 2. The quantitative estimate of drug-likeness (QED) is 0.0739. The Bertz CT molecular complexity index is 1840. The van der Waals surface area contributed by atoms with Gasteiger partial charge in [-0.2, -0.15) is 0 Å². The van der Waals surface area contributed by atoms with Crippen LogP contribution < -0.4 is 5.32 Å². The zero-order chi connectivity index (χ0) is 34.3. The van der Waals surface area contributed by atoms with Gasteiger partial charge < -0.3 is 14.8 Å². The molecule has 254 valence electrons. The Morgan fingerprint density at radius 2 is 1.35 bits per heavy atom. The summed E-state index contributed by atoms with van der Waals surface area (Å²) in [4.78, 5) is 39.6. The number of pyridine rings is 2. The summed E-state index contributed by atoms with van der Waals surface area (Å²) in [6.45, 7) is 5.75. The summed E-state index contributed by atoms with van der Waals surface area (Å²) in [7, 11) is 0. The highest BCUT2D eigenvalue weighted by Gasteiger charge is 2.27. The summed E-state index contributed by atoms with van der Waals surface area (Å²) in [6.07, 6.45) is 10.3. The van der Waals surface area contributed by atoms with Crippen molar-refractivity contribution in [3.63, 3.8) is 0 Å². The standard InChI is InChI=1S/C37H36Cl4N6O2/c38-27-11-7-25(8-12-27)34(26-9-13-28(39)14-10-26)46-20-18-45(19-21-46)16-3-1-2-4-17-47-24-30(29-6-5-15-43-36(29)47)35(48)37(49)44-33-31(40)22-42-23-32(33)41/h5-15,22-24,34H,1-4,16-21H2,(H,42,44,49). The van der Waals surface area contributed by atoms with E-state index in [0.717, 1.165) is 68.5 Å². The Morgan fingerprint density at radius 1 is 0.755 bits per heavy atom. The Labute approximate surface area is 305 Å². The molecule has 6 rings (SSSR count). The highest BCUT2D eigenvalue weighted by molar-refractivity contribution is 6.50. The number of amides is 1. The van der Waals surface area contributed by atoms with Crippen LogP contribution in [0.25, 0.3) is 11.0 Å². The molecule has 12 heteroatoms. The summed E-state index contributed by atoms with van der Waals surface area (Å²) in [5.41, 5.74) is 3.57. The van der Waals surface area contributed by atoms with Crippen LogP contribution >= 0.6 is 46.4 Å². The SMILES string of the molecule is O=C(Nc1c(Cl)cncc1Cl)C(=O)c1cn(CCCCCCN2CCN(C(c3ccc(Cl)cc3)c3ccc(Cl)cc3)CC2)c2ncccc12. The third-order valence-corrected chi connectivity index (χ3v) is 10.0. The number of nitrogens with zero attached hydrogens (tertiary/aromatic N) is 5. The molecule has 0 aliphatic carbocycles. The van der Waals surface area contributed by atoms with Gasteiger partial charge in [-0.1, -0.05) is 83.5 Å². The summed E-state index contributed by atoms with van der Waals surface area (Å²) < 4.78 is 1.96. The van der Waals surface area contributed by atoms with E-state index >= 15 is 0 Å². The number of unbranched alkanes of at least 4 members (excludes halogenated alkanes) is 3. The number of rotatable bonds is 13. The van der Waals surface area contributed by atoms with Crippen LogP contribution in [-0.2, 0) is 11.3 Å². The van der Waals surface area contributed by atoms with Gasteiger partial charge in [0.15, 0.2) is 0 Å². The van der Waals surface area contributed by atoms with Gasteiger partial charge in [0.25, 0.3) is 11.7 Å². The van der Waals surface area contributed by atoms with E-state index in [0.29, 0.717) is 17.6 Å². The fraction of sp³-hybridized carbons (Fsp3) is 0.297. The van der Waals surface area contributed by atoms with Crippen LogP contribution in [0.15, 0.2) is 85.5 Å². The molecule has 49 heavy (non-hydrogen) atoms. The smallest absolute Gasteiger partial charge is 0.296 e. The van der Waals surface area contributed by atoms with Crippen molar-refractivity contribution in [2.24, 2.45) is 0 Å². The van der Waals surface area contributed by atoms with Crippen molar-refractivity contribution in [3.05, 3.63) is 122 Å². The number of halogens is 4. The Morgan fingerprint density at radius 3 is 1.96 bits per heavy atom. The number of aryl methyl sites for hydroxylation is 1. The minimum Gasteiger partial charge on any atom is -0.332 e. The summed E-state index contributed by atoms with van der Waals surface area (Å²) in [6, 6.07) is 20.0. The highest BCUT2D eigenvalue weighted by Crippen LogP contribution is 2.32. The topological polar surface area (TPSA) is 83.4 Å². The van der Waals surface area contributed by atoms with E-state index in [2.05, 4.69) is 49.4 Å². The monoisotopic (exact) mass is 736 g/mol. The number of Topliss-reactive ketones (excluding diaryl/α,β-unsaturated/α-hetero) is 1. The molecule has 0 saturated carbocycles. The molecular weight excluding hydrogens is 702 g/mol. The molecule has 3 aromatic heterocycles. The van der Waals surface area contributed by atoms with Gasteiger partial charge in [-0.05, 0) is 66.9 Å². The van der Waals surface area contributed by atoms with Gasteiger partial charge in [-0.25, -0.2) is 4.98 Å². The van der Waals surface area contributed by atoms with Crippen molar-refractivity contribution in [2.75, 3.05) is 38.0 Å². The third kappa shape index (κ3) is 8.63. The molecule has 5 aromatic rings. The first-order valence-corrected chi connectivity index (χ1v) is 17.9. The van der Waals surface area contributed by atoms with Gasteiger partial charge in [-0.3, -0.25) is 19.5 Å². The molecule has 0 spiro atoms. The maximum absolute atomic E-state index is 13.2. The third-order valence-electron chi connectivity index (χ3n) is 8.94. The summed E-state index contributed by atoms with van der Waals surface area (Å²) in [5.74, 6) is -1.52. The molecular formula is C37H36Cl4N6O2. The van der Waals surface area contributed by atoms with Crippen molar-refractivity contribution >= 4 is 74.8 Å². The Hall–Kier alpha value is -3.50. The van der Waals surface area contributed by atoms with E-state index in [1.54, 1.807) is 24.5 Å². The Kier molecular flexibility index (Phi) is 11.9. The molecule has 1 N–H and O–H groups in total. The van der Waals surface area contributed by atoms with Crippen molar-refractivity contribution < 1.29 is 9.59 Å². The molecule has 0 radical (unpaired) electrons. The zero-order valence-electron chi connectivity index (χ0n) is 26.8. The van der Waals surface area contributed by atoms with Gasteiger partial charge in [0.05, 0.1) is 27.3 Å². The van der Waals surface area contributed by atoms with E-state index in [9.17, 15) is 9.59 Å². The first kappa shape index (κ1) is 35.3. The van der Waals surface area contributed by atoms with Gasteiger partial charge in [0.2, 0.25) is 0 Å². The van der Waals surface area contributed by atoms with Gasteiger partial charge in [0, 0.05) is 72.9 Å². The van der Waals surface area contributed by atoms with Gasteiger partial charge in [-0.15, -0.1) is 0 Å². The second kappa shape index (κ2) is 16.5. The lowest BCUT2D eigenvalue weighted by atomic mass is 9.96. The second-order valence-corrected chi connectivity index (χ2v) is 13.9. The number of anilines is 1. The van der Waals surface area contributed by atoms with Crippen molar-refractivity contribution in [1.29, 1.82) is 0 Å². The molecule has 1 aliphatic rings. The van der Waals surface area contributed by atoms with E-state index in [-0.39, 0.29) is 27.3 Å². The Balaban J connectivity index is 0.982. The van der Waals surface area contributed by atoms with Crippen molar-refractivity contribution in [2.45, 2.75) is 38.3 Å². The van der Waals surface area contributed by atoms with Crippen molar-refractivity contribution in [3.8, 4) is 0 Å². The minimum absolute atomic E-state index is 0.150. The average molecular weight is 739 g/mol. The lowest BCUT2D eigenvalue weighted by molar-refractivity contribution is -0.112. The second-order valence-electron chi connectivity index (χ2n) is 12.2. The molecule has 0 unspecified atom stereocenters. The van der Waals surface area contributed by atoms with Gasteiger partial charge in [0.1, 0.15) is 5.65 Å². The normalized spacial score (nSPS) is 14.1. The fourth-order valence-corrected chi connectivity index (χ4v) is 7.13. The minimum atomic E-state index is -0.829. The van der Waals surface area contributed by atoms with Crippen LogP contribution in [0.2, 0.25) is 20.1 Å². The molecule has 1 amide bonds. The van der Waals surface area contributed by atoms with E-state index < -0.39 is 11.7 Å². The average Bonchev–Trinajstić information content (AvgIpc) is 3.48. The lowest BCUT2D eigenvalue weighted by Gasteiger charge is -2.40. The largest absolute Gasteiger partial charge is 0.332 e. The predicted molar refractivity (Wildman–Crippen MR) is 198 cm³/mol. The van der Waals surface area contributed by atoms with Crippen LogP contribution in [0.1, 0.15) is 53.2 Å². The van der Waals surface area contributed by atoms with Crippen LogP contribution in [0, 0.1) is 0 Å². The molecule has 8 nitrogen and oxygen atoms in total. The number of carbonyl (C=O) groups is 2. The van der Waals surface area contributed by atoms with Crippen LogP contribution in [0.4, 0.5) is 5.69 Å². The zero-order valence-corrected chi connectivity index (χ0v) is 29.8. The highest BCUT2D eigenvalue weighted by atomic mass is 35.5. The molecule has 1 aliphatic heterocycles. The van der Waals surface area contributed by atoms with E-state index in [4.69, 9.17) is 46.4 Å². The number of ketones is 1. The first-order valence-electron chi connectivity index (χ1n) is 16.3. The number of nitrogens with one attached hydrogen (secondary N) is 1. The van der Waals surface area contributed by atoms with Gasteiger partial charge >= 0.3 is 0 Å². The first-order chi connectivity index (χ1) is 23.8. The maximum Gasteiger partial charge on any atom is 0.296 e. The van der Waals surface area contributed by atoms with Crippen LogP contribution in [-0.4, -0.2) is 68.7 Å². The maximum atomic E-state index is 13.2. The molecule has 4 heterocycles. The fourth-order valence-electron chi connectivity index (χ4n) is 6.42.